The maximum atomic E-state index is 4.32. The molecule has 0 nitrogen and oxygen atoms in total. The Kier molecular flexibility index (Phi) is 2.37. The normalized spacial score (nSPS) is 11.6. The second kappa shape index (κ2) is 4.21. The van der Waals surface area contributed by atoms with Gasteiger partial charge >= 0.3 is 0 Å². The van der Waals surface area contributed by atoms with Crippen LogP contribution in [0.15, 0.2) is 66.7 Å². The van der Waals surface area contributed by atoms with Crippen LogP contribution in [0.2, 0.25) is 0 Å². The Labute approximate surface area is 118 Å². The quantitative estimate of drug-likeness (QED) is 0.487. The predicted octanol–water partition coefficient (Wildman–Crippen LogP) is 3.57. The molecule has 0 amide bonds. The summed E-state index contributed by atoms with van der Waals surface area (Å²) in [7, 11) is 0. The van der Waals surface area contributed by atoms with Crippen molar-refractivity contribution in [3.8, 4) is 22.3 Å². The molecule has 0 N–H and O–H groups in total. The molecule has 0 saturated carbocycles. The standard InChI is InChI=1S/C20H14/c1-14-17(15-7-3-2-4-8-15)11-12-19-18-10-6-5-9-16(18)13-20(14)19/h2-13H,1H2. The van der Waals surface area contributed by atoms with E-state index in [1.165, 1.54) is 33.0 Å². The van der Waals surface area contributed by atoms with Gasteiger partial charge < -0.3 is 0 Å². The fraction of sp³-hybridized carbons (Fsp3) is 0. The Morgan fingerprint density at radius 3 is 2.15 bits per heavy atom. The molecule has 0 spiro atoms. The Morgan fingerprint density at radius 2 is 1.30 bits per heavy atom. The zero-order valence-corrected chi connectivity index (χ0v) is 11.1. The molecular weight excluding hydrogens is 240 g/mol. The molecule has 0 atom stereocenters. The summed E-state index contributed by atoms with van der Waals surface area (Å²) in [6, 6.07) is 23.4. The maximum Gasteiger partial charge on any atom is -0.00987 e. The summed E-state index contributed by atoms with van der Waals surface area (Å²) in [6.45, 7) is 4.32. The molecule has 0 heterocycles. The lowest BCUT2D eigenvalue weighted by Crippen LogP contribution is -2.25. The van der Waals surface area contributed by atoms with Crippen LogP contribution in [-0.4, -0.2) is 0 Å². The highest BCUT2D eigenvalue weighted by atomic mass is 14.2. The minimum absolute atomic E-state index is 1.12. The third-order valence-corrected chi connectivity index (χ3v) is 3.99. The summed E-state index contributed by atoms with van der Waals surface area (Å²) in [6.07, 6.45) is 2.25. The predicted molar refractivity (Wildman–Crippen MR) is 85.7 cm³/mol. The van der Waals surface area contributed by atoms with E-state index in [0.717, 1.165) is 5.22 Å². The summed E-state index contributed by atoms with van der Waals surface area (Å²) in [5.41, 5.74) is 6.34. The molecule has 0 fully saturated rings. The van der Waals surface area contributed by atoms with Crippen LogP contribution in [0.3, 0.4) is 0 Å². The molecule has 3 aromatic carbocycles. The van der Waals surface area contributed by atoms with Gasteiger partial charge in [-0.3, -0.25) is 0 Å². The van der Waals surface area contributed by atoms with E-state index in [1.807, 2.05) is 6.07 Å². The average molecular weight is 254 g/mol. The summed E-state index contributed by atoms with van der Waals surface area (Å²) < 4.78 is 0. The van der Waals surface area contributed by atoms with Gasteiger partial charge in [0.15, 0.2) is 0 Å². The number of rotatable bonds is 1. The topological polar surface area (TPSA) is 0 Å². The number of hydrogen-bond donors (Lipinski definition) is 0. The van der Waals surface area contributed by atoms with E-state index in [9.17, 15) is 0 Å². The van der Waals surface area contributed by atoms with Crippen molar-refractivity contribution in [3.63, 3.8) is 0 Å². The fourth-order valence-corrected chi connectivity index (χ4v) is 2.98. The number of benzene rings is 3. The number of hydrogen-bond acceptors (Lipinski definition) is 0. The first-order chi connectivity index (χ1) is 9.84. The van der Waals surface area contributed by atoms with Gasteiger partial charge in [0.25, 0.3) is 0 Å². The highest BCUT2D eigenvalue weighted by Gasteiger charge is 2.12. The van der Waals surface area contributed by atoms with Gasteiger partial charge in [-0.2, -0.15) is 0 Å². The van der Waals surface area contributed by atoms with Gasteiger partial charge in [-0.05, 0) is 44.3 Å². The lowest BCUT2D eigenvalue weighted by Gasteiger charge is -2.05. The lowest BCUT2D eigenvalue weighted by molar-refractivity contribution is 1.52. The van der Waals surface area contributed by atoms with Crippen LogP contribution in [0, 0.1) is 0 Å². The van der Waals surface area contributed by atoms with Crippen molar-refractivity contribution in [1.29, 1.82) is 0 Å². The van der Waals surface area contributed by atoms with Gasteiger partial charge in [0, 0.05) is 0 Å². The van der Waals surface area contributed by atoms with E-state index >= 15 is 0 Å². The van der Waals surface area contributed by atoms with E-state index in [1.54, 1.807) is 0 Å². The molecule has 0 aliphatic heterocycles. The fourth-order valence-electron chi connectivity index (χ4n) is 2.98. The van der Waals surface area contributed by atoms with Gasteiger partial charge in [0.05, 0.1) is 0 Å². The van der Waals surface area contributed by atoms with Crippen LogP contribution < -0.4 is 10.4 Å². The summed E-state index contributed by atoms with van der Waals surface area (Å²) in [5, 5.41) is 2.37. The first-order valence-electron chi connectivity index (χ1n) is 6.83. The van der Waals surface area contributed by atoms with Crippen LogP contribution in [0.4, 0.5) is 0 Å². The smallest absolute Gasteiger partial charge is 0.00987 e. The van der Waals surface area contributed by atoms with E-state index in [-0.39, 0.29) is 0 Å². The van der Waals surface area contributed by atoms with Crippen molar-refractivity contribution in [2.75, 3.05) is 0 Å². The summed E-state index contributed by atoms with van der Waals surface area (Å²) in [5.74, 6) is 0. The molecule has 0 radical (unpaired) electrons. The zero-order chi connectivity index (χ0) is 13.5. The molecule has 3 aromatic rings. The van der Waals surface area contributed by atoms with Gasteiger partial charge in [0.2, 0.25) is 0 Å². The van der Waals surface area contributed by atoms with Crippen molar-refractivity contribution in [2.24, 2.45) is 0 Å². The SMILES string of the molecule is C=c1c(-c2ccccc2)ccc2c1=Cc1ccccc1-2. The van der Waals surface area contributed by atoms with Gasteiger partial charge in [-0.15, -0.1) is 0 Å². The molecule has 20 heavy (non-hydrogen) atoms. The van der Waals surface area contributed by atoms with Crippen LogP contribution in [-0.2, 0) is 0 Å². The first-order valence-corrected chi connectivity index (χ1v) is 6.83. The first kappa shape index (κ1) is 11.2. The van der Waals surface area contributed by atoms with Gasteiger partial charge in [-0.25, -0.2) is 0 Å². The highest BCUT2D eigenvalue weighted by molar-refractivity contribution is 5.84. The molecule has 0 saturated heterocycles. The molecule has 0 unspecified atom stereocenters. The monoisotopic (exact) mass is 254 g/mol. The second-order valence-electron chi connectivity index (χ2n) is 5.15. The third-order valence-electron chi connectivity index (χ3n) is 3.99. The van der Waals surface area contributed by atoms with Crippen molar-refractivity contribution in [3.05, 3.63) is 82.7 Å². The molecular formula is C20H14. The second-order valence-corrected chi connectivity index (χ2v) is 5.15. The third kappa shape index (κ3) is 1.55. The van der Waals surface area contributed by atoms with E-state index < -0.39 is 0 Å². The Bertz CT molecular complexity index is 903. The lowest BCUT2D eigenvalue weighted by atomic mass is 9.98. The molecule has 1 aliphatic rings. The summed E-state index contributed by atoms with van der Waals surface area (Å²) >= 11 is 0. The van der Waals surface area contributed by atoms with Crippen molar-refractivity contribution >= 4 is 12.7 Å². The van der Waals surface area contributed by atoms with Gasteiger partial charge in [0.1, 0.15) is 0 Å². The minimum Gasteiger partial charge on any atom is -0.0905 e. The molecule has 0 heteroatoms. The van der Waals surface area contributed by atoms with E-state index in [4.69, 9.17) is 0 Å². The Hall–Kier alpha value is -2.60. The van der Waals surface area contributed by atoms with E-state index in [0.29, 0.717) is 0 Å². The van der Waals surface area contributed by atoms with Crippen molar-refractivity contribution in [2.45, 2.75) is 0 Å². The van der Waals surface area contributed by atoms with Crippen LogP contribution >= 0.6 is 0 Å². The number of fused-ring (bicyclic) bond motifs is 3. The molecule has 94 valence electrons. The van der Waals surface area contributed by atoms with E-state index in [2.05, 4.69) is 73.3 Å². The van der Waals surface area contributed by atoms with Crippen LogP contribution in [0.25, 0.3) is 34.9 Å². The summed E-state index contributed by atoms with van der Waals surface area (Å²) in [4.78, 5) is 0. The highest BCUT2D eigenvalue weighted by Crippen LogP contribution is 2.26. The molecule has 0 aromatic heterocycles. The Balaban J connectivity index is 2.02. The molecule has 1 aliphatic carbocycles. The maximum absolute atomic E-state index is 4.32. The largest absolute Gasteiger partial charge is 0.0905 e. The molecule has 4 rings (SSSR count). The van der Waals surface area contributed by atoms with Crippen molar-refractivity contribution in [1.82, 2.24) is 0 Å². The molecule has 0 bridgehead atoms. The Morgan fingerprint density at radius 1 is 0.600 bits per heavy atom. The average Bonchev–Trinajstić information content (AvgIpc) is 2.88. The van der Waals surface area contributed by atoms with Crippen LogP contribution in [0.5, 0.6) is 0 Å². The van der Waals surface area contributed by atoms with Gasteiger partial charge in [-0.1, -0.05) is 73.3 Å². The minimum atomic E-state index is 1.12. The zero-order valence-electron chi connectivity index (χ0n) is 11.1. The van der Waals surface area contributed by atoms with Crippen LogP contribution in [0.1, 0.15) is 5.56 Å². The van der Waals surface area contributed by atoms with Crippen molar-refractivity contribution < 1.29 is 0 Å².